The van der Waals surface area contributed by atoms with Crippen LogP contribution < -0.4 is 10.1 Å². The smallest absolute Gasteiger partial charge is 0.168 e. The van der Waals surface area contributed by atoms with E-state index in [0.29, 0.717) is 0 Å². The molecule has 0 saturated heterocycles. The summed E-state index contributed by atoms with van der Waals surface area (Å²) in [7, 11) is 1.62. The van der Waals surface area contributed by atoms with Gasteiger partial charge >= 0.3 is 0 Å². The minimum absolute atomic E-state index is 0.719. The van der Waals surface area contributed by atoms with Crippen LogP contribution in [0.3, 0.4) is 0 Å². The van der Waals surface area contributed by atoms with Crippen LogP contribution in [-0.4, -0.2) is 27.4 Å². The van der Waals surface area contributed by atoms with Crippen LogP contribution in [0.25, 0.3) is 11.3 Å². The molecule has 2 aromatic rings. The highest BCUT2D eigenvalue weighted by Gasteiger charge is 2.10. The number of aromatic nitrogens is 3. The lowest BCUT2D eigenvalue weighted by Crippen LogP contribution is -2.01. The van der Waals surface area contributed by atoms with Gasteiger partial charge < -0.3 is 10.1 Å². The maximum Gasteiger partial charge on any atom is 0.168 e. The van der Waals surface area contributed by atoms with Crippen LogP contribution in [0.4, 0.5) is 5.82 Å². The van der Waals surface area contributed by atoms with E-state index >= 15 is 0 Å². The second-order valence-electron chi connectivity index (χ2n) is 3.50. The van der Waals surface area contributed by atoms with Crippen molar-refractivity contribution in [2.24, 2.45) is 0 Å². The zero-order chi connectivity index (χ0) is 12.1. The van der Waals surface area contributed by atoms with Gasteiger partial charge in [-0.1, -0.05) is 6.92 Å². The van der Waals surface area contributed by atoms with Crippen molar-refractivity contribution < 1.29 is 4.74 Å². The molecule has 5 nitrogen and oxygen atoms in total. The Labute approximate surface area is 104 Å². The van der Waals surface area contributed by atoms with Gasteiger partial charge in [0.1, 0.15) is 11.4 Å². The Bertz CT molecular complexity index is 486. The predicted octanol–water partition coefficient (Wildman–Crippen LogP) is 2.43. The Hall–Kier alpha value is -1.69. The van der Waals surface area contributed by atoms with Crippen molar-refractivity contribution in [2.75, 3.05) is 19.0 Å². The van der Waals surface area contributed by atoms with Crippen molar-refractivity contribution in [1.29, 1.82) is 0 Å². The molecule has 0 aliphatic rings. The van der Waals surface area contributed by atoms with E-state index in [1.807, 2.05) is 6.07 Å². The number of anilines is 1. The molecule has 0 fully saturated rings. The van der Waals surface area contributed by atoms with Crippen molar-refractivity contribution in [2.45, 2.75) is 13.3 Å². The van der Waals surface area contributed by atoms with Crippen LogP contribution in [0.1, 0.15) is 13.3 Å². The van der Waals surface area contributed by atoms with Crippen LogP contribution in [-0.2, 0) is 0 Å². The minimum atomic E-state index is 0.719. The third-order valence-corrected chi connectivity index (χ3v) is 2.78. The number of ether oxygens (including phenoxy) is 1. The van der Waals surface area contributed by atoms with Crippen molar-refractivity contribution in [3.05, 3.63) is 18.5 Å². The molecule has 0 aliphatic heterocycles. The Morgan fingerprint density at radius 2 is 2.24 bits per heavy atom. The molecule has 6 heteroatoms. The molecule has 0 saturated carbocycles. The van der Waals surface area contributed by atoms with E-state index in [1.54, 1.807) is 19.5 Å². The Morgan fingerprint density at radius 1 is 1.35 bits per heavy atom. The van der Waals surface area contributed by atoms with Gasteiger partial charge in [0.25, 0.3) is 0 Å². The molecular formula is C11H14N4OS. The van der Waals surface area contributed by atoms with Gasteiger partial charge in [-0.3, -0.25) is 4.98 Å². The van der Waals surface area contributed by atoms with Gasteiger partial charge in [0, 0.05) is 18.3 Å². The van der Waals surface area contributed by atoms with Gasteiger partial charge in [-0.15, -0.1) is 0 Å². The second-order valence-corrected chi connectivity index (χ2v) is 4.03. The van der Waals surface area contributed by atoms with Crippen LogP contribution >= 0.6 is 11.7 Å². The first-order valence-corrected chi connectivity index (χ1v) is 6.14. The molecule has 2 aromatic heterocycles. The highest BCUT2D eigenvalue weighted by Crippen LogP contribution is 2.27. The largest absolute Gasteiger partial charge is 0.495 e. The Morgan fingerprint density at radius 3 is 3.00 bits per heavy atom. The molecule has 90 valence electrons. The van der Waals surface area contributed by atoms with Gasteiger partial charge in [0.05, 0.1) is 25.0 Å². The number of hydrogen-bond acceptors (Lipinski definition) is 6. The lowest BCUT2D eigenvalue weighted by Gasteiger charge is -2.04. The third-order valence-electron chi connectivity index (χ3n) is 2.25. The van der Waals surface area contributed by atoms with Gasteiger partial charge in [-0.05, 0) is 12.5 Å². The summed E-state index contributed by atoms with van der Waals surface area (Å²) < 4.78 is 13.7. The number of hydrogen-bond donors (Lipinski definition) is 1. The molecule has 2 heterocycles. The molecular weight excluding hydrogens is 236 g/mol. The third kappa shape index (κ3) is 2.71. The van der Waals surface area contributed by atoms with Gasteiger partial charge in [0.15, 0.2) is 5.82 Å². The highest BCUT2D eigenvalue weighted by molar-refractivity contribution is 6.99. The Balaban J connectivity index is 2.28. The van der Waals surface area contributed by atoms with Crippen molar-refractivity contribution in [3.63, 3.8) is 0 Å². The molecule has 0 amide bonds. The molecule has 0 radical (unpaired) electrons. The normalized spacial score (nSPS) is 10.2. The van der Waals surface area contributed by atoms with Crippen LogP contribution in [0.15, 0.2) is 18.5 Å². The van der Waals surface area contributed by atoms with E-state index in [1.165, 1.54) is 11.7 Å². The molecule has 17 heavy (non-hydrogen) atoms. The van der Waals surface area contributed by atoms with E-state index < -0.39 is 0 Å². The number of nitrogens with one attached hydrogen (secondary N) is 1. The average molecular weight is 250 g/mol. The van der Waals surface area contributed by atoms with E-state index in [-0.39, 0.29) is 0 Å². The quantitative estimate of drug-likeness (QED) is 0.883. The monoisotopic (exact) mass is 250 g/mol. The van der Waals surface area contributed by atoms with Gasteiger partial charge in [-0.2, -0.15) is 8.75 Å². The summed E-state index contributed by atoms with van der Waals surface area (Å²) in [5, 5.41) is 3.25. The van der Waals surface area contributed by atoms with E-state index in [4.69, 9.17) is 4.74 Å². The maximum atomic E-state index is 5.15. The fourth-order valence-electron chi connectivity index (χ4n) is 1.40. The molecule has 0 aromatic carbocycles. The van der Waals surface area contributed by atoms with Crippen molar-refractivity contribution in [3.8, 4) is 17.0 Å². The van der Waals surface area contributed by atoms with Crippen molar-refractivity contribution >= 4 is 17.5 Å². The lowest BCUT2D eigenvalue weighted by molar-refractivity contribution is 0.413. The summed E-state index contributed by atoms with van der Waals surface area (Å²) in [4.78, 5) is 4.12. The summed E-state index contributed by atoms with van der Waals surface area (Å²) >= 11 is 1.19. The fourth-order valence-corrected chi connectivity index (χ4v) is 1.94. The predicted molar refractivity (Wildman–Crippen MR) is 68.5 cm³/mol. The van der Waals surface area contributed by atoms with Crippen molar-refractivity contribution in [1.82, 2.24) is 13.7 Å². The molecule has 0 atom stereocenters. The lowest BCUT2D eigenvalue weighted by atomic mass is 10.2. The molecule has 0 unspecified atom stereocenters. The summed E-state index contributed by atoms with van der Waals surface area (Å²) in [6, 6.07) is 1.90. The molecule has 1 N–H and O–H groups in total. The molecule has 0 spiro atoms. The summed E-state index contributed by atoms with van der Waals surface area (Å²) in [6.07, 6.45) is 4.48. The van der Waals surface area contributed by atoms with Gasteiger partial charge in [0.2, 0.25) is 0 Å². The van der Waals surface area contributed by atoms with Crippen LogP contribution in [0.2, 0.25) is 0 Å². The minimum Gasteiger partial charge on any atom is -0.495 e. The zero-order valence-corrected chi connectivity index (χ0v) is 10.6. The first-order valence-electron chi connectivity index (χ1n) is 5.41. The highest BCUT2D eigenvalue weighted by atomic mass is 32.1. The second kappa shape index (κ2) is 5.58. The topological polar surface area (TPSA) is 59.9 Å². The number of pyridine rings is 1. The molecule has 2 rings (SSSR count). The number of rotatable bonds is 5. The average Bonchev–Trinajstić information content (AvgIpc) is 2.84. The zero-order valence-electron chi connectivity index (χ0n) is 9.80. The maximum absolute atomic E-state index is 5.15. The van der Waals surface area contributed by atoms with Crippen LogP contribution in [0, 0.1) is 0 Å². The summed E-state index contributed by atoms with van der Waals surface area (Å²) in [5.74, 6) is 1.53. The first-order chi connectivity index (χ1) is 8.35. The summed E-state index contributed by atoms with van der Waals surface area (Å²) in [6.45, 7) is 3.00. The van der Waals surface area contributed by atoms with E-state index in [2.05, 4.69) is 26.0 Å². The summed E-state index contributed by atoms with van der Waals surface area (Å²) in [5.41, 5.74) is 1.74. The molecule has 0 aliphatic carbocycles. The fraction of sp³-hybridized carbons (Fsp3) is 0.364. The number of methoxy groups -OCH3 is 1. The first kappa shape index (κ1) is 11.8. The SMILES string of the molecule is CCCNc1nsnc1-c1cncc(OC)c1. The molecule has 0 bridgehead atoms. The van der Waals surface area contributed by atoms with E-state index in [0.717, 1.165) is 35.8 Å². The van der Waals surface area contributed by atoms with Gasteiger partial charge in [-0.25, -0.2) is 0 Å². The van der Waals surface area contributed by atoms with Crippen LogP contribution in [0.5, 0.6) is 5.75 Å². The number of nitrogens with zero attached hydrogens (tertiary/aromatic N) is 3. The Kier molecular flexibility index (Phi) is 3.87. The van der Waals surface area contributed by atoms with E-state index in [9.17, 15) is 0 Å². The standard InChI is InChI=1S/C11H14N4OS/c1-3-4-13-11-10(14-17-15-11)8-5-9(16-2)7-12-6-8/h5-7H,3-4H2,1-2H3,(H,13,15).